The summed E-state index contributed by atoms with van der Waals surface area (Å²) >= 11 is 8.15. The number of nitrogens with zero attached hydrogens (tertiary/aromatic N) is 1. The van der Waals surface area contributed by atoms with Crippen LogP contribution in [0.2, 0.25) is 5.02 Å². The summed E-state index contributed by atoms with van der Waals surface area (Å²) < 4.78 is 0. The van der Waals surface area contributed by atoms with E-state index in [1.165, 1.54) is 5.56 Å². The molecule has 0 saturated carbocycles. The molecule has 25 heavy (non-hydrogen) atoms. The Morgan fingerprint density at radius 3 is 2.80 bits per heavy atom. The van der Waals surface area contributed by atoms with E-state index >= 15 is 0 Å². The number of rotatable bonds is 3. The van der Waals surface area contributed by atoms with Crippen LogP contribution in [0.3, 0.4) is 0 Å². The normalized spacial score (nSPS) is 13.4. The predicted octanol–water partition coefficient (Wildman–Crippen LogP) is 4.65. The van der Waals surface area contributed by atoms with Gasteiger partial charge < -0.3 is 5.32 Å². The zero-order valence-electron chi connectivity index (χ0n) is 13.8. The van der Waals surface area contributed by atoms with Crippen LogP contribution < -0.4 is 5.32 Å². The van der Waals surface area contributed by atoms with Gasteiger partial charge in [-0.3, -0.25) is 4.79 Å². The number of carbonyl (C=O) groups is 1. The van der Waals surface area contributed by atoms with Crippen LogP contribution in [-0.2, 0) is 12.8 Å². The van der Waals surface area contributed by atoms with Crippen molar-refractivity contribution in [2.75, 3.05) is 6.54 Å². The fourth-order valence-corrected chi connectivity index (χ4v) is 4.13. The van der Waals surface area contributed by atoms with Crippen molar-refractivity contribution in [1.82, 2.24) is 10.3 Å². The number of amides is 1. The summed E-state index contributed by atoms with van der Waals surface area (Å²) in [6.07, 6.45) is 1.55. The maximum Gasteiger partial charge on any atom is 0.251 e. The van der Waals surface area contributed by atoms with Crippen LogP contribution in [0.4, 0.5) is 0 Å². The van der Waals surface area contributed by atoms with Crippen molar-refractivity contribution in [2.45, 2.75) is 19.8 Å². The molecule has 0 unspecified atom stereocenters. The van der Waals surface area contributed by atoms with Gasteiger partial charge in [0.25, 0.3) is 5.91 Å². The third kappa shape index (κ3) is 3.08. The highest BCUT2D eigenvalue weighted by Crippen LogP contribution is 2.31. The summed E-state index contributed by atoms with van der Waals surface area (Å²) in [5.74, 6) is -0.0247. The number of halogens is 1. The molecule has 1 aliphatic rings. The Bertz CT molecular complexity index is 933. The number of nitrogens with one attached hydrogen (secondary N) is 1. The third-order valence-corrected chi connectivity index (χ3v) is 5.80. The highest BCUT2D eigenvalue weighted by Gasteiger charge is 2.22. The van der Waals surface area contributed by atoms with E-state index in [1.54, 1.807) is 11.3 Å². The van der Waals surface area contributed by atoms with Crippen molar-refractivity contribution in [2.24, 2.45) is 0 Å². The number of fused-ring (bicyclic) bond motifs is 1. The second kappa shape index (κ2) is 6.62. The van der Waals surface area contributed by atoms with E-state index in [4.69, 9.17) is 11.6 Å². The van der Waals surface area contributed by atoms with E-state index < -0.39 is 0 Å². The monoisotopic (exact) mass is 368 g/mol. The van der Waals surface area contributed by atoms with Gasteiger partial charge in [0.2, 0.25) is 0 Å². The molecule has 0 bridgehead atoms. The molecule has 0 radical (unpaired) electrons. The Morgan fingerprint density at radius 2 is 2.08 bits per heavy atom. The summed E-state index contributed by atoms with van der Waals surface area (Å²) in [5.41, 5.74) is 9.01. The maximum atomic E-state index is 12.2. The highest BCUT2D eigenvalue weighted by molar-refractivity contribution is 7.07. The van der Waals surface area contributed by atoms with Gasteiger partial charge in [-0.2, -0.15) is 0 Å². The van der Waals surface area contributed by atoms with E-state index in [0.717, 1.165) is 51.4 Å². The van der Waals surface area contributed by atoms with Crippen LogP contribution in [0.5, 0.6) is 0 Å². The van der Waals surface area contributed by atoms with Gasteiger partial charge >= 0.3 is 0 Å². The quantitative estimate of drug-likeness (QED) is 0.731. The lowest BCUT2D eigenvalue weighted by Crippen LogP contribution is -2.32. The summed E-state index contributed by atoms with van der Waals surface area (Å²) in [6.45, 7) is 2.69. The number of carbonyl (C=O) groups excluding carboxylic acids is 1. The average molecular weight is 369 g/mol. The summed E-state index contributed by atoms with van der Waals surface area (Å²) in [4.78, 5) is 16.5. The van der Waals surface area contributed by atoms with E-state index in [0.29, 0.717) is 6.54 Å². The van der Waals surface area contributed by atoms with Crippen molar-refractivity contribution in [1.29, 1.82) is 0 Å². The minimum atomic E-state index is -0.0247. The number of benzene rings is 2. The zero-order chi connectivity index (χ0) is 17.4. The fraction of sp³-hybridized carbons (Fsp3) is 0.200. The lowest BCUT2D eigenvalue weighted by Gasteiger charge is -2.21. The SMILES string of the molecule is Cc1c(Cc2ccc(-c3cscn3)cc2)cc2c(c1Cl)CCNC2=O. The first-order valence-electron chi connectivity index (χ1n) is 8.20. The van der Waals surface area contributed by atoms with Crippen LogP contribution in [0, 0.1) is 6.92 Å². The van der Waals surface area contributed by atoms with Crippen molar-refractivity contribution in [3.63, 3.8) is 0 Å². The van der Waals surface area contributed by atoms with Gasteiger partial charge in [-0.25, -0.2) is 4.98 Å². The molecule has 1 amide bonds. The average Bonchev–Trinajstić information content (AvgIpc) is 3.16. The Labute approximate surface area is 155 Å². The van der Waals surface area contributed by atoms with Gasteiger partial charge in [-0.15, -0.1) is 11.3 Å². The van der Waals surface area contributed by atoms with Gasteiger partial charge in [0, 0.05) is 28.1 Å². The zero-order valence-corrected chi connectivity index (χ0v) is 15.4. The number of thiazole rings is 1. The maximum absolute atomic E-state index is 12.2. The van der Waals surface area contributed by atoms with Crippen LogP contribution in [0.1, 0.15) is 32.6 Å². The fourth-order valence-electron chi connectivity index (χ4n) is 3.25. The summed E-state index contributed by atoms with van der Waals surface area (Å²) in [6, 6.07) is 10.4. The van der Waals surface area contributed by atoms with Crippen molar-refractivity contribution in [3.8, 4) is 11.3 Å². The van der Waals surface area contributed by atoms with Crippen LogP contribution in [0.25, 0.3) is 11.3 Å². The van der Waals surface area contributed by atoms with Gasteiger partial charge in [-0.1, -0.05) is 35.9 Å². The molecule has 2 heterocycles. The van der Waals surface area contributed by atoms with Gasteiger partial charge in [-0.05, 0) is 48.1 Å². The van der Waals surface area contributed by atoms with E-state index in [-0.39, 0.29) is 5.91 Å². The lowest BCUT2D eigenvalue weighted by atomic mass is 9.91. The molecule has 0 aliphatic carbocycles. The molecular formula is C20H17ClN2OS. The molecule has 0 fully saturated rings. The van der Waals surface area contributed by atoms with Gasteiger partial charge in [0.1, 0.15) is 0 Å². The van der Waals surface area contributed by atoms with Crippen LogP contribution in [-0.4, -0.2) is 17.4 Å². The van der Waals surface area contributed by atoms with Gasteiger partial charge in [0.15, 0.2) is 0 Å². The lowest BCUT2D eigenvalue weighted by molar-refractivity contribution is 0.0946. The minimum Gasteiger partial charge on any atom is -0.352 e. The van der Waals surface area contributed by atoms with Gasteiger partial charge in [0.05, 0.1) is 11.2 Å². The molecule has 1 aromatic heterocycles. The second-order valence-corrected chi connectivity index (χ2v) is 7.35. The topological polar surface area (TPSA) is 42.0 Å². The molecule has 1 N–H and O–H groups in total. The van der Waals surface area contributed by atoms with E-state index in [9.17, 15) is 4.79 Å². The first-order valence-corrected chi connectivity index (χ1v) is 9.52. The molecule has 4 rings (SSSR count). The first kappa shape index (κ1) is 16.3. The highest BCUT2D eigenvalue weighted by atomic mass is 35.5. The molecule has 5 heteroatoms. The molecule has 3 aromatic rings. The standard InChI is InChI=1S/C20H17ClN2OS/c1-12-15(9-17-16(19(12)21)6-7-22-20(17)24)8-13-2-4-14(5-3-13)18-10-25-11-23-18/h2-5,9-11H,6-8H2,1H3,(H,22,24). The Morgan fingerprint density at radius 1 is 1.28 bits per heavy atom. The molecule has 3 nitrogen and oxygen atoms in total. The molecule has 126 valence electrons. The second-order valence-electron chi connectivity index (χ2n) is 6.25. The summed E-state index contributed by atoms with van der Waals surface area (Å²) in [5, 5.41) is 5.68. The van der Waals surface area contributed by atoms with E-state index in [2.05, 4.69) is 34.6 Å². The number of hydrogen-bond acceptors (Lipinski definition) is 3. The molecule has 0 spiro atoms. The van der Waals surface area contributed by atoms with E-state index in [1.807, 2.05) is 23.9 Å². The van der Waals surface area contributed by atoms with Crippen molar-refractivity contribution in [3.05, 3.63) is 74.1 Å². The molecule has 0 saturated heterocycles. The van der Waals surface area contributed by atoms with Crippen molar-refractivity contribution >= 4 is 28.8 Å². The molecule has 1 aliphatic heterocycles. The first-order chi connectivity index (χ1) is 12.1. The minimum absolute atomic E-state index is 0.0247. The van der Waals surface area contributed by atoms with Crippen molar-refractivity contribution < 1.29 is 4.79 Å². The number of aromatic nitrogens is 1. The third-order valence-electron chi connectivity index (χ3n) is 4.70. The molecular weight excluding hydrogens is 352 g/mol. The predicted molar refractivity (Wildman–Crippen MR) is 103 cm³/mol. The Kier molecular flexibility index (Phi) is 4.32. The number of hydrogen-bond donors (Lipinski definition) is 1. The molecule has 2 aromatic carbocycles. The van der Waals surface area contributed by atoms with Crippen LogP contribution in [0.15, 0.2) is 41.2 Å². The Hall–Kier alpha value is -2.17. The van der Waals surface area contributed by atoms with Crippen LogP contribution >= 0.6 is 22.9 Å². The largest absolute Gasteiger partial charge is 0.352 e. The summed E-state index contributed by atoms with van der Waals surface area (Å²) in [7, 11) is 0. The Balaban J connectivity index is 1.66. The smallest absolute Gasteiger partial charge is 0.251 e. The molecule has 0 atom stereocenters.